The predicted molar refractivity (Wildman–Crippen MR) is 90.8 cm³/mol. The first-order chi connectivity index (χ1) is 11.5. The van der Waals surface area contributed by atoms with E-state index in [4.69, 9.17) is 21.4 Å². The maximum absolute atomic E-state index is 11.9. The van der Waals surface area contributed by atoms with Gasteiger partial charge >= 0.3 is 5.97 Å². The highest BCUT2D eigenvalue weighted by Crippen LogP contribution is 2.16. The maximum atomic E-state index is 11.9. The van der Waals surface area contributed by atoms with Crippen molar-refractivity contribution in [2.75, 3.05) is 6.61 Å². The minimum atomic E-state index is -1.04. The smallest absolute Gasteiger partial charge is 0.341 e. The number of halogens is 1. The molecule has 6 nitrogen and oxygen atoms in total. The summed E-state index contributed by atoms with van der Waals surface area (Å²) in [5.74, 6) is -0.970. The zero-order chi connectivity index (χ0) is 17.5. The molecule has 0 heterocycles. The molecular formula is C17H15ClN2O4. The Bertz CT molecular complexity index is 773. The Morgan fingerprint density at radius 1 is 1.25 bits per heavy atom. The van der Waals surface area contributed by atoms with E-state index in [1.807, 2.05) is 6.92 Å². The number of aliphatic carboxylic acids is 1. The lowest BCUT2D eigenvalue weighted by Gasteiger charge is -2.03. The van der Waals surface area contributed by atoms with Gasteiger partial charge in [-0.05, 0) is 54.4 Å². The normalized spacial score (nSPS) is 10.6. The number of carboxylic acids is 1. The van der Waals surface area contributed by atoms with Crippen molar-refractivity contribution in [2.45, 2.75) is 6.92 Å². The van der Waals surface area contributed by atoms with Gasteiger partial charge in [-0.2, -0.15) is 5.10 Å². The molecule has 2 aromatic rings. The van der Waals surface area contributed by atoms with E-state index >= 15 is 0 Å². The first-order valence-electron chi connectivity index (χ1n) is 7.00. The average Bonchev–Trinajstić information content (AvgIpc) is 2.56. The third-order valence-corrected chi connectivity index (χ3v) is 3.46. The lowest BCUT2D eigenvalue weighted by Crippen LogP contribution is -2.17. The van der Waals surface area contributed by atoms with E-state index in [9.17, 15) is 9.59 Å². The van der Waals surface area contributed by atoms with Gasteiger partial charge in [-0.25, -0.2) is 10.2 Å². The van der Waals surface area contributed by atoms with Gasteiger partial charge in [-0.1, -0.05) is 17.7 Å². The molecule has 7 heteroatoms. The molecule has 124 valence electrons. The first-order valence-corrected chi connectivity index (χ1v) is 7.38. The van der Waals surface area contributed by atoms with E-state index in [-0.39, 0.29) is 5.91 Å². The number of hydrogen-bond acceptors (Lipinski definition) is 4. The van der Waals surface area contributed by atoms with Crippen LogP contribution in [0.25, 0.3) is 0 Å². The molecule has 0 aliphatic heterocycles. The Balaban J connectivity index is 1.92. The molecule has 0 radical (unpaired) electrons. The minimum absolute atomic E-state index is 0.366. The van der Waals surface area contributed by atoms with E-state index in [1.54, 1.807) is 42.5 Å². The topological polar surface area (TPSA) is 88.0 Å². The number of benzene rings is 2. The number of carbonyl (C=O) groups is 2. The van der Waals surface area contributed by atoms with Gasteiger partial charge < -0.3 is 9.84 Å². The first kappa shape index (κ1) is 17.5. The molecule has 2 N–H and O–H groups in total. The number of hydrogen-bond donors (Lipinski definition) is 2. The second kappa shape index (κ2) is 8.12. The second-order valence-electron chi connectivity index (χ2n) is 4.91. The predicted octanol–water partition coefficient (Wildman–Crippen LogP) is 2.88. The highest BCUT2D eigenvalue weighted by atomic mass is 35.5. The van der Waals surface area contributed by atoms with Gasteiger partial charge in [0, 0.05) is 10.6 Å². The summed E-state index contributed by atoms with van der Waals surface area (Å²) in [5.41, 5.74) is 4.44. The molecule has 0 saturated heterocycles. The molecule has 0 aromatic heterocycles. The van der Waals surface area contributed by atoms with E-state index in [0.717, 1.165) is 11.1 Å². The number of ether oxygens (including phenoxy) is 1. The zero-order valence-corrected chi connectivity index (χ0v) is 13.6. The van der Waals surface area contributed by atoms with Crippen molar-refractivity contribution in [3.05, 3.63) is 64.2 Å². The quantitative estimate of drug-likeness (QED) is 0.622. The van der Waals surface area contributed by atoms with Crippen LogP contribution < -0.4 is 10.2 Å². The summed E-state index contributed by atoms with van der Waals surface area (Å²) < 4.78 is 5.02. The van der Waals surface area contributed by atoms with Crippen molar-refractivity contribution < 1.29 is 19.4 Å². The zero-order valence-electron chi connectivity index (χ0n) is 12.8. The molecule has 0 atom stereocenters. The molecule has 24 heavy (non-hydrogen) atoms. The van der Waals surface area contributed by atoms with Gasteiger partial charge in [0.1, 0.15) is 5.75 Å². The standard InChI is InChI=1S/C17H15ClN2O4/c1-11-2-5-13(8-15(11)18)17(23)20-19-9-12-3-6-14(7-4-12)24-10-16(21)22/h2-9H,10H2,1H3,(H,20,23)(H,21,22)/b19-9-. The molecule has 1 amide bonds. The monoisotopic (exact) mass is 346 g/mol. The van der Waals surface area contributed by atoms with Crippen LogP contribution in [-0.4, -0.2) is 29.8 Å². The molecule has 2 rings (SSSR count). The Hall–Kier alpha value is -2.86. The van der Waals surface area contributed by atoms with Crippen molar-refractivity contribution in [1.29, 1.82) is 0 Å². The maximum Gasteiger partial charge on any atom is 0.341 e. The number of aryl methyl sites for hydroxylation is 1. The van der Waals surface area contributed by atoms with Crippen LogP contribution in [0, 0.1) is 6.92 Å². The largest absolute Gasteiger partial charge is 0.482 e. The third-order valence-electron chi connectivity index (χ3n) is 3.06. The SMILES string of the molecule is Cc1ccc(C(=O)N/N=C\c2ccc(OCC(=O)O)cc2)cc1Cl. The van der Waals surface area contributed by atoms with Crippen LogP contribution in [0.3, 0.4) is 0 Å². The summed E-state index contributed by atoms with van der Waals surface area (Å²) in [7, 11) is 0. The summed E-state index contributed by atoms with van der Waals surface area (Å²) in [6, 6.07) is 11.6. The average molecular weight is 347 g/mol. The van der Waals surface area contributed by atoms with Crippen LogP contribution in [0.1, 0.15) is 21.5 Å². The molecule has 0 spiro atoms. The van der Waals surface area contributed by atoms with E-state index in [2.05, 4.69) is 10.5 Å². The van der Waals surface area contributed by atoms with Crippen molar-refractivity contribution in [1.82, 2.24) is 5.43 Å². The Morgan fingerprint density at radius 3 is 2.58 bits per heavy atom. The molecule has 0 bridgehead atoms. The fourth-order valence-electron chi connectivity index (χ4n) is 1.76. The van der Waals surface area contributed by atoms with Crippen LogP contribution in [0.4, 0.5) is 0 Å². The van der Waals surface area contributed by atoms with E-state index < -0.39 is 12.6 Å². The summed E-state index contributed by atoms with van der Waals surface area (Å²) >= 11 is 5.98. The fraction of sp³-hybridized carbons (Fsp3) is 0.118. The van der Waals surface area contributed by atoms with Gasteiger partial charge in [0.05, 0.1) is 6.21 Å². The Labute approximate surface area is 143 Å². The molecule has 0 fully saturated rings. The Morgan fingerprint density at radius 2 is 1.96 bits per heavy atom. The number of nitrogens with one attached hydrogen (secondary N) is 1. The van der Waals surface area contributed by atoms with Gasteiger partial charge in [0.25, 0.3) is 5.91 Å². The molecule has 0 unspecified atom stereocenters. The fourth-order valence-corrected chi connectivity index (χ4v) is 1.94. The number of amides is 1. The van der Waals surface area contributed by atoms with E-state index in [1.165, 1.54) is 6.21 Å². The number of carboxylic acid groups (broad SMARTS) is 1. The van der Waals surface area contributed by atoms with Gasteiger partial charge in [0.15, 0.2) is 6.61 Å². The van der Waals surface area contributed by atoms with Gasteiger partial charge in [0.2, 0.25) is 0 Å². The lowest BCUT2D eigenvalue weighted by atomic mass is 10.1. The van der Waals surface area contributed by atoms with Crippen LogP contribution in [-0.2, 0) is 4.79 Å². The molecule has 0 aliphatic rings. The van der Waals surface area contributed by atoms with Crippen molar-refractivity contribution >= 4 is 29.7 Å². The van der Waals surface area contributed by atoms with Crippen LogP contribution in [0.5, 0.6) is 5.75 Å². The minimum Gasteiger partial charge on any atom is -0.482 e. The molecule has 2 aromatic carbocycles. The Kier molecular flexibility index (Phi) is 5.92. The van der Waals surface area contributed by atoms with Crippen molar-refractivity contribution in [3.8, 4) is 5.75 Å². The van der Waals surface area contributed by atoms with Crippen LogP contribution >= 0.6 is 11.6 Å². The van der Waals surface area contributed by atoms with Gasteiger partial charge in [-0.3, -0.25) is 4.79 Å². The highest BCUT2D eigenvalue weighted by molar-refractivity contribution is 6.31. The van der Waals surface area contributed by atoms with Crippen LogP contribution in [0.2, 0.25) is 5.02 Å². The van der Waals surface area contributed by atoms with E-state index in [0.29, 0.717) is 16.3 Å². The van der Waals surface area contributed by atoms with Crippen LogP contribution in [0.15, 0.2) is 47.6 Å². The number of hydrazone groups is 1. The summed E-state index contributed by atoms with van der Waals surface area (Å²) in [5, 5.41) is 12.9. The summed E-state index contributed by atoms with van der Waals surface area (Å²) in [4.78, 5) is 22.3. The second-order valence-corrected chi connectivity index (χ2v) is 5.32. The molecular weight excluding hydrogens is 332 g/mol. The summed E-state index contributed by atoms with van der Waals surface area (Å²) in [6.07, 6.45) is 1.47. The number of nitrogens with zero attached hydrogens (tertiary/aromatic N) is 1. The highest BCUT2D eigenvalue weighted by Gasteiger charge is 2.06. The third kappa shape index (κ3) is 5.10. The molecule has 0 aliphatic carbocycles. The lowest BCUT2D eigenvalue weighted by molar-refractivity contribution is -0.139. The van der Waals surface area contributed by atoms with Gasteiger partial charge in [-0.15, -0.1) is 0 Å². The van der Waals surface area contributed by atoms with Crippen molar-refractivity contribution in [3.63, 3.8) is 0 Å². The number of rotatable bonds is 6. The molecule has 0 saturated carbocycles. The number of carbonyl (C=O) groups excluding carboxylic acids is 1. The summed E-state index contributed by atoms with van der Waals surface area (Å²) in [6.45, 7) is 1.45. The van der Waals surface area contributed by atoms with Crippen molar-refractivity contribution in [2.24, 2.45) is 5.10 Å².